The van der Waals surface area contributed by atoms with Crippen LogP contribution in [0.1, 0.15) is 41.0 Å². The molecule has 0 aromatic rings. The Kier molecular flexibility index (Phi) is 4.94. The molecule has 0 spiro atoms. The third kappa shape index (κ3) is 4.42. The Balaban J connectivity index is 4.84. The minimum absolute atomic E-state index is 0.0569. The lowest BCUT2D eigenvalue weighted by molar-refractivity contribution is -0.142. The Morgan fingerprint density at radius 3 is 2.00 bits per heavy atom. The lowest BCUT2D eigenvalue weighted by Gasteiger charge is -2.31. The minimum atomic E-state index is -0.964. The second-order valence-corrected chi connectivity index (χ2v) is 4.72. The average molecular weight is 215 g/mol. The van der Waals surface area contributed by atoms with Gasteiger partial charge in [0.1, 0.15) is 0 Å². The highest BCUT2D eigenvalue weighted by molar-refractivity contribution is 5.93. The van der Waals surface area contributed by atoms with Gasteiger partial charge in [-0.15, -0.1) is 0 Å². The van der Waals surface area contributed by atoms with Gasteiger partial charge in [-0.1, -0.05) is 13.8 Å². The maximum atomic E-state index is 11.9. The molecular formula is C11H21NO3. The number of hydrogen-bond acceptors (Lipinski definition) is 3. The summed E-state index contributed by atoms with van der Waals surface area (Å²) in [5, 5.41) is 11.8. The summed E-state index contributed by atoms with van der Waals surface area (Å²) >= 11 is 0. The van der Waals surface area contributed by atoms with Gasteiger partial charge in [0.15, 0.2) is 5.78 Å². The Morgan fingerprint density at radius 2 is 1.73 bits per heavy atom. The third-order valence-electron chi connectivity index (χ3n) is 2.18. The highest BCUT2D eigenvalue weighted by atomic mass is 16.4. The van der Waals surface area contributed by atoms with Crippen LogP contribution < -0.4 is 5.32 Å². The first-order chi connectivity index (χ1) is 6.69. The predicted molar refractivity (Wildman–Crippen MR) is 58.8 cm³/mol. The summed E-state index contributed by atoms with van der Waals surface area (Å²) in [5.74, 6) is -1.18. The molecule has 0 aliphatic carbocycles. The van der Waals surface area contributed by atoms with E-state index in [2.05, 4.69) is 5.32 Å². The fourth-order valence-electron chi connectivity index (χ4n) is 1.79. The third-order valence-corrected chi connectivity index (χ3v) is 2.18. The number of ketones is 1. The molecule has 0 rings (SSSR count). The molecule has 0 radical (unpaired) electrons. The van der Waals surface area contributed by atoms with E-state index in [-0.39, 0.29) is 24.2 Å². The largest absolute Gasteiger partial charge is 0.481 e. The van der Waals surface area contributed by atoms with Crippen molar-refractivity contribution in [3.8, 4) is 0 Å². The topological polar surface area (TPSA) is 66.4 Å². The maximum absolute atomic E-state index is 11.9. The summed E-state index contributed by atoms with van der Waals surface area (Å²) in [6.45, 7) is 9.01. The highest BCUT2D eigenvalue weighted by Crippen LogP contribution is 2.17. The van der Waals surface area contributed by atoms with Crippen LogP contribution in [0.25, 0.3) is 0 Å². The van der Waals surface area contributed by atoms with Crippen LogP contribution in [0.15, 0.2) is 0 Å². The lowest BCUT2D eigenvalue weighted by Crippen LogP contribution is -2.55. The van der Waals surface area contributed by atoms with Crippen molar-refractivity contribution < 1.29 is 14.7 Å². The lowest BCUT2D eigenvalue weighted by atomic mass is 9.85. The molecule has 0 bridgehead atoms. The van der Waals surface area contributed by atoms with Crippen molar-refractivity contribution in [1.82, 2.24) is 5.32 Å². The quantitative estimate of drug-likeness (QED) is 0.703. The van der Waals surface area contributed by atoms with E-state index < -0.39 is 11.5 Å². The number of carbonyl (C=O) groups excluding carboxylic acids is 1. The van der Waals surface area contributed by atoms with Crippen LogP contribution >= 0.6 is 0 Å². The van der Waals surface area contributed by atoms with Crippen LogP contribution in [0.5, 0.6) is 0 Å². The summed E-state index contributed by atoms with van der Waals surface area (Å²) < 4.78 is 0. The van der Waals surface area contributed by atoms with Crippen LogP contribution in [0.4, 0.5) is 0 Å². The Hall–Kier alpha value is -0.900. The SMILES string of the molecule is CC(C)N[C@@](C)(CC(=O)O)C(=O)C(C)C. The van der Waals surface area contributed by atoms with E-state index in [9.17, 15) is 9.59 Å². The molecule has 15 heavy (non-hydrogen) atoms. The molecule has 0 aromatic carbocycles. The van der Waals surface area contributed by atoms with E-state index >= 15 is 0 Å². The smallest absolute Gasteiger partial charge is 0.305 e. The van der Waals surface area contributed by atoms with Gasteiger partial charge >= 0.3 is 5.97 Å². The van der Waals surface area contributed by atoms with Crippen LogP contribution in [-0.4, -0.2) is 28.4 Å². The van der Waals surface area contributed by atoms with E-state index in [0.717, 1.165) is 0 Å². The Morgan fingerprint density at radius 1 is 1.27 bits per heavy atom. The van der Waals surface area contributed by atoms with Crippen LogP contribution in [0.3, 0.4) is 0 Å². The minimum Gasteiger partial charge on any atom is -0.481 e. The molecule has 2 N–H and O–H groups in total. The first-order valence-corrected chi connectivity index (χ1v) is 5.23. The molecule has 0 amide bonds. The van der Waals surface area contributed by atoms with Crippen molar-refractivity contribution >= 4 is 11.8 Å². The number of rotatable bonds is 6. The van der Waals surface area contributed by atoms with Crippen molar-refractivity contribution in [3.05, 3.63) is 0 Å². The molecule has 0 aromatic heterocycles. The molecule has 88 valence electrons. The molecular weight excluding hydrogens is 194 g/mol. The van der Waals surface area contributed by atoms with Gasteiger partial charge in [0.25, 0.3) is 0 Å². The molecule has 0 aliphatic rings. The van der Waals surface area contributed by atoms with Crippen LogP contribution in [-0.2, 0) is 9.59 Å². The van der Waals surface area contributed by atoms with Crippen molar-refractivity contribution in [2.45, 2.75) is 52.6 Å². The molecule has 1 atom stereocenters. The van der Waals surface area contributed by atoms with Crippen LogP contribution in [0, 0.1) is 5.92 Å². The molecule has 0 saturated heterocycles. The van der Waals surface area contributed by atoms with Crippen molar-refractivity contribution in [2.75, 3.05) is 0 Å². The summed E-state index contributed by atoms with van der Waals surface area (Å²) in [4.78, 5) is 22.6. The van der Waals surface area contributed by atoms with Gasteiger partial charge in [-0.3, -0.25) is 9.59 Å². The fourth-order valence-corrected chi connectivity index (χ4v) is 1.79. The van der Waals surface area contributed by atoms with Gasteiger partial charge in [-0.05, 0) is 20.8 Å². The van der Waals surface area contributed by atoms with Gasteiger partial charge in [-0.25, -0.2) is 0 Å². The van der Waals surface area contributed by atoms with Crippen molar-refractivity contribution in [3.63, 3.8) is 0 Å². The molecule has 0 fully saturated rings. The summed E-state index contributed by atoms with van der Waals surface area (Å²) in [5.41, 5.74) is -0.964. The second-order valence-electron chi connectivity index (χ2n) is 4.72. The zero-order valence-corrected chi connectivity index (χ0v) is 10.1. The Bertz CT molecular complexity index is 248. The summed E-state index contributed by atoms with van der Waals surface area (Å²) in [7, 11) is 0. The Labute approximate surface area is 91.1 Å². The van der Waals surface area contributed by atoms with E-state index in [1.807, 2.05) is 13.8 Å². The standard InChI is InChI=1S/C11H21NO3/c1-7(2)10(15)11(5,6-9(13)14)12-8(3)4/h7-8,12H,6H2,1-5H3,(H,13,14)/t11-/m0/s1. The molecule has 4 nitrogen and oxygen atoms in total. The first kappa shape index (κ1) is 14.1. The zero-order chi connectivity index (χ0) is 12.2. The number of nitrogens with one attached hydrogen (secondary N) is 1. The van der Waals surface area contributed by atoms with E-state index in [1.165, 1.54) is 0 Å². The van der Waals surface area contributed by atoms with Gasteiger partial charge in [0.05, 0.1) is 12.0 Å². The molecule has 0 heterocycles. The molecule has 4 heteroatoms. The zero-order valence-electron chi connectivity index (χ0n) is 10.1. The van der Waals surface area contributed by atoms with Crippen molar-refractivity contribution in [2.24, 2.45) is 5.92 Å². The molecule has 0 unspecified atom stereocenters. The normalized spacial score (nSPS) is 15.4. The van der Waals surface area contributed by atoms with Crippen LogP contribution in [0.2, 0.25) is 0 Å². The maximum Gasteiger partial charge on any atom is 0.305 e. The first-order valence-electron chi connectivity index (χ1n) is 5.23. The highest BCUT2D eigenvalue weighted by Gasteiger charge is 2.36. The number of aliphatic carboxylic acids is 1. The van der Waals surface area contributed by atoms with E-state index in [4.69, 9.17) is 5.11 Å². The monoisotopic (exact) mass is 215 g/mol. The average Bonchev–Trinajstić information content (AvgIpc) is 1.99. The van der Waals surface area contributed by atoms with Gasteiger partial charge in [0.2, 0.25) is 0 Å². The van der Waals surface area contributed by atoms with Gasteiger partial charge in [0, 0.05) is 12.0 Å². The number of carbonyl (C=O) groups is 2. The summed E-state index contributed by atoms with van der Waals surface area (Å²) in [6.07, 6.45) is -0.178. The molecule has 0 aliphatic heterocycles. The summed E-state index contributed by atoms with van der Waals surface area (Å²) in [6, 6.07) is 0.0806. The number of carboxylic acids is 1. The number of hydrogen-bond donors (Lipinski definition) is 2. The molecule has 0 saturated carbocycles. The van der Waals surface area contributed by atoms with E-state index in [0.29, 0.717) is 0 Å². The van der Waals surface area contributed by atoms with Gasteiger partial charge < -0.3 is 10.4 Å². The fraction of sp³-hybridized carbons (Fsp3) is 0.818. The number of Topliss-reactive ketones (excluding diaryl/α,β-unsaturated/α-hetero) is 1. The predicted octanol–water partition coefficient (Wildman–Crippen LogP) is 1.44. The van der Waals surface area contributed by atoms with E-state index in [1.54, 1.807) is 20.8 Å². The number of carboxylic acid groups (broad SMARTS) is 1. The van der Waals surface area contributed by atoms with Gasteiger partial charge in [-0.2, -0.15) is 0 Å². The second kappa shape index (κ2) is 5.26. The van der Waals surface area contributed by atoms with Crippen molar-refractivity contribution in [1.29, 1.82) is 0 Å².